The minimum atomic E-state index is -0.804. The van der Waals surface area contributed by atoms with Gasteiger partial charge in [-0.1, -0.05) is 6.92 Å². The van der Waals surface area contributed by atoms with Crippen molar-refractivity contribution in [3.8, 4) is 0 Å². The quantitative estimate of drug-likeness (QED) is 0.863. The smallest absolute Gasteiger partial charge is 0.317 e. The first-order valence-corrected chi connectivity index (χ1v) is 7.06. The zero-order chi connectivity index (χ0) is 15.7. The number of aromatic nitrogens is 2. The van der Waals surface area contributed by atoms with Crippen molar-refractivity contribution in [2.45, 2.75) is 27.3 Å². The molecule has 1 aromatic heterocycles. The van der Waals surface area contributed by atoms with Gasteiger partial charge in [0.05, 0.1) is 11.6 Å². The second kappa shape index (κ2) is 5.75. The van der Waals surface area contributed by atoms with E-state index >= 15 is 0 Å². The molecule has 7 nitrogen and oxygen atoms in total. The molecule has 1 atom stereocenters. The first-order chi connectivity index (χ1) is 9.81. The van der Waals surface area contributed by atoms with Gasteiger partial charge in [0.25, 0.3) is 0 Å². The van der Waals surface area contributed by atoms with Crippen molar-refractivity contribution in [2.24, 2.45) is 18.9 Å². The van der Waals surface area contributed by atoms with Gasteiger partial charge in [0.1, 0.15) is 0 Å². The fourth-order valence-corrected chi connectivity index (χ4v) is 2.55. The number of carbonyl (C=O) groups is 2. The number of aliphatic carboxylic acids is 1. The van der Waals surface area contributed by atoms with Crippen LogP contribution in [0.4, 0.5) is 4.79 Å². The second-order valence-corrected chi connectivity index (χ2v) is 5.72. The van der Waals surface area contributed by atoms with Crippen molar-refractivity contribution < 1.29 is 14.7 Å². The van der Waals surface area contributed by atoms with E-state index in [0.717, 1.165) is 17.0 Å². The molecule has 1 aliphatic heterocycles. The van der Waals surface area contributed by atoms with Crippen molar-refractivity contribution in [1.82, 2.24) is 20.0 Å². The predicted octanol–water partition coefficient (Wildman–Crippen LogP) is 0.899. The first kappa shape index (κ1) is 15.3. The number of carboxylic acids is 1. The lowest BCUT2D eigenvalue weighted by molar-refractivity contribution is -0.144. The Morgan fingerprint density at radius 2 is 2.05 bits per heavy atom. The van der Waals surface area contributed by atoms with Crippen molar-refractivity contribution in [3.63, 3.8) is 0 Å². The van der Waals surface area contributed by atoms with Crippen molar-refractivity contribution in [1.29, 1.82) is 0 Å². The highest BCUT2D eigenvalue weighted by atomic mass is 16.4. The Balaban J connectivity index is 1.83. The number of likely N-dealkylation sites (tertiary alicyclic amines) is 1. The largest absolute Gasteiger partial charge is 0.481 e. The van der Waals surface area contributed by atoms with Gasteiger partial charge in [0.2, 0.25) is 0 Å². The van der Waals surface area contributed by atoms with Gasteiger partial charge in [-0.3, -0.25) is 9.48 Å². The van der Waals surface area contributed by atoms with Crippen molar-refractivity contribution in [3.05, 3.63) is 17.0 Å². The number of carboxylic acid groups (broad SMARTS) is 1. The standard InChI is InChI=1S/C14H22N4O3/c1-8(13(19)20)11-6-18(7-11)14(21)15-5-12-9(2)16-17(4)10(12)3/h8,11H,5-7H2,1-4H3,(H,15,21)(H,19,20). The average Bonchev–Trinajstić information content (AvgIpc) is 2.59. The van der Waals surface area contributed by atoms with Gasteiger partial charge in [0.15, 0.2) is 0 Å². The summed E-state index contributed by atoms with van der Waals surface area (Å²) in [5.74, 6) is -1.16. The molecule has 2 rings (SSSR count). The maximum absolute atomic E-state index is 12.0. The molecule has 7 heteroatoms. The van der Waals surface area contributed by atoms with E-state index in [-0.39, 0.29) is 11.9 Å². The minimum Gasteiger partial charge on any atom is -0.481 e. The molecule has 0 aromatic carbocycles. The molecular formula is C14H22N4O3. The Hall–Kier alpha value is -2.05. The number of carbonyl (C=O) groups excluding carboxylic acids is 1. The number of urea groups is 1. The molecule has 1 unspecified atom stereocenters. The molecule has 2 N–H and O–H groups in total. The number of nitrogens with one attached hydrogen (secondary N) is 1. The zero-order valence-corrected chi connectivity index (χ0v) is 12.9. The Morgan fingerprint density at radius 3 is 2.52 bits per heavy atom. The summed E-state index contributed by atoms with van der Waals surface area (Å²) in [6.07, 6.45) is 0. The Labute approximate surface area is 123 Å². The second-order valence-electron chi connectivity index (χ2n) is 5.72. The van der Waals surface area contributed by atoms with E-state index in [1.165, 1.54) is 0 Å². The Bertz CT molecular complexity index is 561. The molecule has 2 amide bonds. The number of nitrogens with zero attached hydrogens (tertiary/aromatic N) is 3. The molecule has 0 bridgehead atoms. The molecule has 1 fully saturated rings. The van der Waals surface area contributed by atoms with E-state index in [9.17, 15) is 9.59 Å². The zero-order valence-electron chi connectivity index (χ0n) is 12.9. The highest BCUT2D eigenvalue weighted by molar-refractivity contribution is 5.76. The molecule has 1 aromatic rings. The van der Waals surface area contributed by atoms with Gasteiger partial charge in [-0.2, -0.15) is 5.10 Å². The maximum Gasteiger partial charge on any atom is 0.317 e. The summed E-state index contributed by atoms with van der Waals surface area (Å²) in [4.78, 5) is 24.5. The van der Waals surface area contributed by atoms with Crippen LogP contribution < -0.4 is 5.32 Å². The molecule has 0 radical (unpaired) electrons. The molecule has 2 heterocycles. The van der Waals surface area contributed by atoms with Crippen LogP contribution >= 0.6 is 0 Å². The molecular weight excluding hydrogens is 272 g/mol. The van der Waals surface area contributed by atoms with Gasteiger partial charge in [0, 0.05) is 43.9 Å². The summed E-state index contributed by atoms with van der Waals surface area (Å²) in [6, 6.07) is -0.147. The van der Waals surface area contributed by atoms with E-state index in [0.29, 0.717) is 19.6 Å². The van der Waals surface area contributed by atoms with Crippen LogP contribution in [0.2, 0.25) is 0 Å². The number of aryl methyl sites for hydroxylation is 2. The highest BCUT2D eigenvalue weighted by Crippen LogP contribution is 2.24. The molecule has 1 aliphatic rings. The summed E-state index contributed by atoms with van der Waals surface area (Å²) < 4.78 is 1.80. The highest BCUT2D eigenvalue weighted by Gasteiger charge is 2.37. The summed E-state index contributed by atoms with van der Waals surface area (Å²) in [6.45, 7) is 7.03. The van der Waals surface area contributed by atoms with Crippen molar-refractivity contribution in [2.75, 3.05) is 13.1 Å². The van der Waals surface area contributed by atoms with Crippen molar-refractivity contribution >= 4 is 12.0 Å². The SMILES string of the molecule is Cc1nn(C)c(C)c1CNC(=O)N1CC(C(C)C(=O)O)C1. The summed E-state index contributed by atoms with van der Waals surface area (Å²) >= 11 is 0. The van der Waals surface area contributed by atoms with E-state index in [2.05, 4.69) is 10.4 Å². The van der Waals surface area contributed by atoms with Gasteiger partial charge in [-0.25, -0.2) is 4.79 Å². The van der Waals surface area contributed by atoms with Crippen LogP contribution in [0.25, 0.3) is 0 Å². The predicted molar refractivity (Wildman–Crippen MR) is 76.8 cm³/mol. The average molecular weight is 294 g/mol. The number of rotatable bonds is 4. The minimum absolute atomic E-state index is 0.0510. The first-order valence-electron chi connectivity index (χ1n) is 7.06. The topological polar surface area (TPSA) is 87.5 Å². The summed E-state index contributed by atoms with van der Waals surface area (Å²) in [5.41, 5.74) is 2.98. The Kier molecular flexibility index (Phi) is 4.20. The molecule has 0 spiro atoms. The monoisotopic (exact) mass is 294 g/mol. The van der Waals surface area contributed by atoms with E-state index < -0.39 is 11.9 Å². The molecule has 1 saturated heterocycles. The van der Waals surface area contributed by atoms with E-state index in [1.54, 1.807) is 16.5 Å². The van der Waals surface area contributed by atoms with Gasteiger partial charge < -0.3 is 15.3 Å². The van der Waals surface area contributed by atoms with Crippen LogP contribution in [0.15, 0.2) is 0 Å². The van der Waals surface area contributed by atoms with Gasteiger partial charge in [-0.05, 0) is 13.8 Å². The molecule has 0 aliphatic carbocycles. The third kappa shape index (κ3) is 3.01. The van der Waals surface area contributed by atoms with Crippen LogP contribution in [-0.4, -0.2) is 44.9 Å². The number of hydrogen-bond donors (Lipinski definition) is 2. The van der Waals surface area contributed by atoms with Crippen LogP contribution in [0.3, 0.4) is 0 Å². The third-order valence-corrected chi connectivity index (χ3v) is 4.37. The third-order valence-electron chi connectivity index (χ3n) is 4.37. The lowest BCUT2D eigenvalue weighted by atomic mass is 9.87. The van der Waals surface area contributed by atoms with Crippen LogP contribution in [0.1, 0.15) is 23.9 Å². The van der Waals surface area contributed by atoms with E-state index in [1.807, 2.05) is 20.9 Å². The van der Waals surface area contributed by atoms with Crippen LogP contribution in [-0.2, 0) is 18.4 Å². The van der Waals surface area contributed by atoms with Crippen LogP contribution in [0, 0.1) is 25.7 Å². The summed E-state index contributed by atoms with van der Waals surface area (Å²) in [7, 11) is 1.88. The van der Waals surface area contributed by atoms with Gasteiger partial charge >= 0.3 is 12.0 Å². The molecule has 21 heavy (non-hydrogen) atoms. The lowest BCUT2D eigenvalue weighted by Crippen LogP contribution is -2.56. The fraction of sp³-hybridized carbons (Fsp3) is 0.643. The number of hydrogen-bond acceptors (Lipinski definition) is 3. The van der Waals surface area contributed by atoms with Gasteiger partial charge in [-0.15, -0.1) is 0 Å². The number of amides is 2. The summed E-state index contributed by atoms with van der Waals surface area (Å²) in [5, 5.41) is 16.1. The van der Waals surface area contributed by atoms with E-state index in [4.69, 9.17) is 5.11 Å². The lowest BCUT2D eigenvalue weighted by Gasteiger charge is -2.41. The maximum atomic E-state index is 12.0. The Morgan fingerprint density at radius 1 is 1.43 bits per heavy atom. The fourth-order valence-electron chi connectivity index (χ4n) is 2.55. The van der Waals surface area contributed by atoms with Crippen LogP contribution in [0.5, 0.6) is 0 Å². The normalized spacial score (nSPS) is 16.5. The molecule has 0 saturated carbocycles. The molecule has 116 valence electrons.